The Morgan fingerprint density at radius 2 is 1.55 bits per heavy atom. The zero-order valence-corrected chi connectivity index (χ0v) is 11.8. The van der Waals surface area contributed by atoms with Crippen molar-refractivity contribution >= 4 is 10.8 Å². The summed E-state index contributed by atoms with van der Waals surface area (Å²) in [7, 11) is 0. The summed E-state index contributed by atoms with van der Waals surface area (Å²) in [6.07, 6.45) is -4.49. The Morgan fingerprint density at radius 3 is 2.23 bits per heavy atom. The molecule has 1 nitrogen and oxygen atoms in total. The highest BCUT2D eigenvalue weighted by atomic mass is 19.4. The van der Waals surface area contributed by atoms with Crippen molar-refractivity contribution in [3.05, 3.63) is 65.7 Å². The normalized spacial score (nSPS) is 11.8. The molecule has 0 atom stereocenters. The maximum Gasteiger partial charge on any atom is 0.416 e. The molecule has 3 aromatic carbocycles. The first-order valence-corrected chi connectivity index (χ1v) is 6.76. The van der Waals surface area contributed by atoms with Crippen LogP contribution in [0.1, 0.15) is 11.1 Å². The highest BCUT2D eigenvalue weighted by Crippen LogP contribution is 2.37. The van der Waals surface area contributed by atoms with E-state index in [1.807, 2.05) is 37.3 Å². The third kappa shape index (κ3) is 2.52. The van der Waals surface area contributed by atoms with E-state index in [-0.39, 0.29) is 0 Å². The lowest BCUT2D eigenvalue weighted by atomic mass is 9.94. The molecular weight excluding hydrogens is 289 g/mol. The average Bonchev–Trinajstić information content (AvgIpc) is 2.46. The molecular formula is C18H13F3O. The van der Waals surface area contributed by atoms with Crippen LogP contribution in [0.25, 0.3) is 21.9 Å². The van der Waals surface area contributed by atoms with Crippen molar-refractivity contribution in [1.82, 2.24) is 0 Å². The molecule has 0 aromatic heterocycles. The molecule has 112 valence electrons. The molecule has 22 heavy (non-hydrogen) atoms. The number of benzene rings is 3. The van der Waals surface area contributed by atoms with Crippen LogP contribution in [0.5, 0.6) is 5.75 Å². The van der Waals surface area contributed by atoms with Crippen LogP contribution >= 0.6 is 0 Å². The standard InChI is InChI=1S/C18H13F3O/c1-11-6-7-16(17-5-3-2-4-15(11)17)12-8-13(18(19,20)21)10-14(22)9-12/h2-10,22H,1H3. The van der Waals surface area contributed by atoms with Crippen molar-refractivity contribution in [1.29, 1.82) is 0 Å². The number of halogens is 3. The van der Waals surface area contributed by atoms with E-state index in [0.717, 1.165) is 28.5 Å². The summed E-state index contributed by atoms with van der Waals surface area (Å²) in [5.74, 6) is -0.394. The van der Waals surface area contributed by atoms with Crippen molar-refractivity contribution in [3.63, 3.8) is 0 Å². The molecule has 0 saturated heterocycles. The Balaban J connectivity index is 2.29. The SMILES string of the molecule is Cc1ccc(-c2cc(O)cc(C(F)(F)F)c2)c2ccccc12. The van der Waals surface area contributed by atoms with Gasteiger partial charge in [0.25, 0.3) is 0 Å². The van der Waals surface area contributed by atoms with E-state index >= 15 is 0 Å². The monoisotopic (exact) mass is 302 g/mol. The Morgan fingerprint density at radius 1 is 0.864 bits per heavy atom. The number of phenols is 1. The quantitative estimate of drug-likeness (QED) is 0.625. The Hall–Kier alpha value is -2.49. The molecule has 3 rings (SSSR count). The molecule has 0 aliphatic heterocycles. The molecule has 0 aliphatic carbocycles. The van der Waals surface area contributed by atoms with E-state index < -0.39 is 17.5 Å². The molecule has 0 fully saturated rings. The first-order valence-electron chi connectivity index (χ1n) is 6.76. The molecule has 0 radical (unpaired) electrons. The number of hydrogen-bond donors (Lipinski definition) is 1. The summed E-state index contributed by atoms with van der Waals surface area (Å²) in [5, 5.41) is 11.5. The van der Waals surface area contributed by atoms with Gasteiger partial charge in [-0.2, -0.15) is 13.2 Å². The maximum atomic E-state index is 12.9. The number of phenolic OH excluding ortho intramolecular Hbond substituents is 1. The van der Waals surface area contributed by atoms with Crippen LogP contribution in [0.2, 0.25) is 0 Å². The number of aromatic hydroxyl groups is 1. The fraction of sp³-hybridized carbons (Fsp3) is 0.111. The molecule has 0 heterocycles. The third-order valence-corrected chi connectivity index (χ3v) is 3.70. The van der Waals surface area contributed by atoms with Gasteiger partial charge in [0, 0.05) is 0 Å². The van der Waals surface area contributed by atoms with E-state index in [2.05, 4.69) is 0 Å². The van der Waals surface area contributed by atoms with Gasteiger partial charge in [0.1, 0.15) is 5.75 Å². The van der Waals surface area contributed by atoms with Crippen LogP contribution in [0.4, 0.5) is 13.2 Å². The van der Waals surface area contributed by atoms with Crippen LogP contribution in [-0.4, -0.2) is 5.11 Å². The van der Waals surface area contributed by atoms with E-state index in [9.17, 15) is 18.3 Å². The second kappa shape index (κ2) is 5.05. The van der Waals surface area contributed by atoms with Gasteiger partial charge in [0.2, 0.25) is 0 Å². The maximum absolute atomic E-state index is 12.9. The number of alkyl halides is 3. The van der Waals surface area contributed by atoms with Crippen molar-refractivity contribution < 1.29 is 18.3 Å². The Kier molecular flexibility index (Phi) is 3.32. The molecule has 4 heteroatoms. The highest BCUT2D eigenvalue weighted by Gasteiger charge is 2.31. The van der Waals surface area contributed by atoms with E-state index in [4.69, 9.17) is 0 Å². The Labute approximate surface area is 125 Å². The fourth-order valence-electron chi connectivity index (χ4n) is 2.63. The summed E-state index contributed by atoms with van der Waals surface area (Å²) >= 11 is 0. The van der Waals surface area contributed by atoms with Gasteiger partial charge in [-0.15, -0.1) is 0 Å². The first kappa shape index (κ1) is 14.4. The average molecular weight is 302 g/mol. The molecule has 0 aliphatic rings. The number of aryl methyl sites for hydroxylation is 1. The second-order valence-corrected chi connectivity index (χ2v) is 5.24. The van der Waals surface area contributed by atoms with Gasteiger partial charge in [0.15, 0.2) is 0 Å². The van der Waals surface area contributed by atoms with Crippen LogP contribution in [0.15, 0.2) is 54.6 Å². The van der Waals surface area contributed by atoms with Crippen LogP contribution < -0.4 is 0 Å². The Bertz CT molecular complexity index is 851. The van der Waals surface area contributed by atoms with Gasteiger partial charge in [-0.25, -0.2) is 0 Å². The number of fused-ring (bicyclic) bond motifs is 1. The minimum Gasteiger partial charge on any atom is -0.508 e. The molecule has 0 amide bonds. The lowest BCUT2D eigenvalue weighted by Crippen LogP contribution is -2.04. The van der Waals surface area contributed by atoms with E-state index in [1.54, 1.807) is 6.07 Å². The summed E-state index contributed by atoms with van der Waals surface area (Å²) in [4.78, 5) is 0. The lowest BCUT2D eigenvalue weighted by Gasteiger charge is -2.13. The molecule has 0 bridgehead atoms. The van der Waals surface area contributed by atoms with Gasteiger partial charge in [-0.1, -0.05) is 36.4 Å². The van der Waals surface area contributed by atoms with E-state index in [1.165, 1.54) is 6.07 Å². The van der Waals surface area contributed by atoms with Crippen LogP contribution in [-0.2, 0) is 6.18 Å². The van der Waals surface area contributed by atoms with Crippen LogP contribution in [0, 0.1) is 6.92 Å². The predicted molar refractivity (Wildman–Crippen MR) is 80.8 cm³/mol. The second-order valence-electron chi connectivity index (χ2n) is 5.24. The molecule has 0 saturated carbocycles. The van der Waals surface area contributed by atoms with Crippen molar-refractivity contribution in [2.75, 3.05) is 0 Å². The number of rotatable bonds is 1. The first-order chi connectivity index (χ1) is 10.4. The van der Waals surface area contributed by atoms with Crippen LogP contribution in [0.3, 0.4) is 0 Å². The highest BCUT2D eigenvalue weighted by molar-refractivity contribution is 5.98. The summed E-state index contributed by atoms with van der Waals surface area (Å²) in [6, 6.07) is 14.3. The smallest absolute Gasteiger partial charge is 0.416 e. The van der Waals surface area contributed by atoms with Gasteiger partial charge < -0.3 is 5.11 Å². The zero-order valence-electron chi connectivity index (χ0n) is 11.8. The lowest BCUT2D eigenvalue weighted by molar-refractivity contribution is -0.137. The van der Waals surface area contributed by atoms with Crippen molar-refractivity contribution in [2.45, 2.75) is 13.1 Å². The minimum absolute atomic E-state index is 0.350. The fourth-order valence-corrected chi connectivity index (χ4v) is 2.63. The largest absolute Gasteiger partial charge is 0.508 e. The third-order valence-electron chi connectivity index (χ3n) is 3.70. The van der Waals surface area contributed by atoms with Gasteiger partial charge >= 0.3 is 6.18 Å². The topological polar surface area (TPSA) is 20.2 Å². The van der Waals surface area contributed by atoms with Gasteiger partial charge in [-0.3, -0.25) is 0 Å². The molecule has 1 N–H and O–H groups in total. The van der Waals surface area contributed by atoms with Crippen molar-refractivity contribution in [3.8, 4) is 16.9 Å². The van der Waals surface area contributed by atoms with Gasteiger partial charge in [-0.05, 0) is 52.6 Å². The van der Waals surface area contributed by atoms with E-state index in [0.29, 0.717) is 11.1 Å². The molecule has 0 spiro atoms. The summed E-state index contributed by atoms with van der Waals surface area (Å²) in [5.41, 5.74) is 1.22. The molecule has 0 unspecified atom stereocenters. The molecule has 3 aromatic rings. The number of hydrogen-bond acceptors (Lipinski definition) is 1. The van der Waals surface area contributed by atoms with Gasteiger partial charge in [0.05, 0.1) is 5.56 Å². The minimum atomic E-state index is -4.49. The summed E-state index contributed by atoms with van der Waals surface area (Å²) in [6.45, 7) is 1.95. The zero-order chi connectivity index (χ0) is 15.9. The van der Waals surface area contributed by atoms with Crippen molar-refractivity contribution in [2.24, 2.45) is 0 Å². The predicted octanol–water partition coefficient (Wildman–Crippen LogP) is 5.54. The summed E-state index contributed by atoms with van der Waals surface area (Å²) < 4.78 is 38.8.